The first-order chi connectivity index (χ1) is 9.34. The van der Waals surface area contributed by atoms with Gasteiger partial charge in [-0.2, -0.15) is 0 Å². The highest BCUT2D eigenvalue weighted by molar-refractivity contribution is 7.99. The lowest BCUT2D eigenvalue weighted by Gasteiger charge is -2.23. The number of ether oxygens (including phenoxy) is 1. The molecule has 2 N–H and O–H groups in total. The summed E-state index contributed by atoms with van der Waals surface area (Å²) in [6.45, 7) is 2.84. The van der Waals surface area contributed by atoms with Crippen molar-refractivity contribution in [3.05, 3.63) is 24.4 Å². The molecule has 0 aliphatic carbocycles. The van der Waals surface area contributed by atoms with E-state index >= 15 is 0 Å². The first kappa shape index (κ1) is 14.3. The van der Waals surface area contributed by atoms with Crippen molar-refractivity contribution in [3.63, 3.8) is 0 Å². The summed E-state index contributed by atoms with van der Waals surface area (Å²) in [6.07, 6.45) is 2.25. The Bertz CT molecular complexity index is 383. The average Bonchev–Trinajstić information content (AvgIpc) is 2.46. The van der Waals surface area contributed by atoms with Gasteiger partial charge in [0.25, 0.3) is 0 Å². The number of carbonyl (C=O) groups is 1. The molecule has 0 saturated carbocycles. The van der Waals surface area contributed by atoms with E-state index in [-0.39, 0.29) is 11.9 Å². The normalized spacial score (nSPS) is 19.1. The molecule has 104 valence electrons. The van der Waals surface area contributed by atoms with E-state index in [1.165, 1.54) is 0 Å². The lowest BCUT2D eigenvalue weighted by atomic mass is 10.2. The zero-order valence-corrected chi connectivity index (χ0v) is 11.6. The smallest absolute Gasteiger partial charge is 0.221 e. The molecule has 0 spiro atoms. The third-order valence-corrected chi connectivity index (χ3v) is 3.69. The standard InChI is InChI=1S/C13H19N3O2S/c17-12(9-11-10-18-7-5-14-11)15-6-8-19-13-3-1-2-4-16-13/h1-4,11,14H,5-10H2,(H,15,17)/t11-/m1/s1. The van der Waals surface area contributed by atoms with Crippen LogP contribution in [0.3, 0.4) is 0 Å². The molecule has 0 bridgehead atoms. The number of amides is 1. The summed E-state index contributed by atoms with van der Waals surface area (Å²) in [5, 5.41) is 7.17. The fourth-order valence-electron chi connectivity index (χ4n) is 1.83. The van der Waals surface area contributed by atoms with E-state index in [0.717, 1.165) is 23.9 Å². The SMILES string of the molecule is O=C(C[C@@H]1COCCN1)NCCSc1ccccn1. The van der Waals surface area contributed by atoms with Crippen molar-refractivity contribution in [2.24, 2.45) is 0 Å². The molecule has 1 aliphatic heterocycles. The number of hydrogen-bond donors (Lipinski definition) is 2. The highest BCUT2D eigenvalue weighted by Gasteiger charge is 2.16. The number of nitrogens with zero attached hydrogens (tertiary/aromatic N) is 1. The zero-order chi connectivity index (χ0) is 13.3. The van der Waals surface area contributed by atoms with Crippen molar-refractivity contribution in [2.75, 3.05) is 32.1 Å². The van der Waals surface area contributed by atoms with Gasteiger partial charge in [-0.1, -0.05) is 6.07 Å². The van der Waals surface area contributed by atoms with Crippen molar-refractivity contribution in [3.8, 4) is 0 Å². The van der Waals surface area contributed by atoms with Crippen LogP contribution in [0.1, 0.15) is 6.42 Å². The monoisotopic (exact) mass is 281 g/mol. The van der Waals surface area contributed by atoms with Gasteiger partial charge in [-0.3, -0.25) is 4.79 Å². The summed E-state index contributed by atoms with van der Waals surface area (Å²) < 4.78 is 5.31. The minimum atomic E-state index is 0.0737. The van der Waals surface area contributed by atoms with Gasteiger partial charge in [-0.25, -0.2) is 4.98 Å². The number of pyridine rings is 1. The van der Waals surface area contributed by atoms with Gasteiger partial charge < -0.3 is 15.4 Å². The fraction of sp³-hybridized carbons (Fsp3) is 0.538. The Labute approximate surface area is 117 Å². The molecule has 1 fully saturated rings. The number of thioether (sulfide) groups is 1. The van der Waals surface area contributed by atoms with Crippen LogP contribution in [0.25, 0.3) is 0 Å². The van der Waals surface area contributed by atoms with Crippen LogP contribution >= 0.6 is 11.8 Å². The number of morpholine rings is 1. The van der Waals surface area contributed by atoms with Crippen LogP contribution in [0, 0.1) is 0 Å². The fourth-order valence-corrected chi connectivity index (χ4v) is 2.55. The molecule has 5 nitrogen and oxygen atoms in total. The van der Waals surface area contributed by atoms with E-state index in [0.29, 0.717) is 19.6 Å². The molecule has 1 saturated heterocycles. The maximum absolute atomic E-state index is 11.7. The summed E-state index contributed by atoms with van der Waals surface area (Å²) in [5.41, 5.74) is 0. The van der Waals surface area contributed by atoms with E-state index in [1.54, 1.807) is 18.0 Å². The van der Waals surface area contributed by atoms with Crippen molar-refractivity contribution in [1.82, 2.24) is 15.6 Å². The maximum atomic E-state index is 11.7. The Morgan fingerprint density at radius 3 is 3.26 bits per heavy atom. The quantitative estimate of drug-likeness (QED) is 0.593. The van der Waals surface area contributed by atoms with Crippen LogP contribution in [0.15, 0.2) is 29.4 Å². The van der Waals surface area contributed by atoms with Crippen molar-refractivity contribution in [2.45, 2.75) is 17.5 Å². The van der Waals surface area contributed by atoms with Crippen molar-refractivity contribution >= 4 is 17.7 Å². The predicted molar refractivity (Wildman–Crippen MR) is 75.2 cm³/mol. The summed E-state index contributed by atoms with van der Waals surface area (Å²) in [7, 11) is 0. The van der Waals surface area contributed by atoms with E-state index < -0.39 is 0 Å². The molecule has 2 heterocycles. The van der Waals surface area contributed by atoms with E-state index in [4.69, 9.17) is 4.74 Å². The maximum Gasteiger partial charge on any atom is 0.221 e. The Morgan fingerprint density at radius 2 is 2.53 bits per heavy atom. The van der Waals surface area contributed by atoms with Crippen molar-refractivity contribution in [1.29, 1.82) is 0 Å². The second-order valence-corrected chi connectivity index (χ2v) is 5.41. The Kier molecular flexibility index (Phi) is 6.13. The Morgan fingerprint density at radius 1 is 1.58 bits per heavy atom. The van der Waals surface area contributed by atoms with Gasteiger partial charge in [-0.15, -0.1) is 11.8 Å². The number of rotatable bonds is 6. The predicted octanol–water partition coefficient (Wildman–Crippen LogP) is 0.668. The molecule has 0 unspecified atom stereocenters. The lowest BCUT2D eigenvalue weighted by Crippen LogP contribution is -2.44. The molecule has 6 heteroatoms. The zero-order valence-electron chi connectivity index (χ0n) is 10.8. The lowest BCUT2D eigenvalue weighted by molar-refractivity contribution is -0.122. The average molecular weight is 281 g/mol. The van der Waals surface area contributed by atoms with Crippen LogP contribution in [0.2, 0.25) is 0 Å². The van der Waals surface area contributed by atoms with E-state index in [9.17, 15) is 4.79 Å². The minimum Gasteiger partial charge on any atom is -0.378 e. The van der Waals surface area contributed by atoms with Crippen LogP contribution < -0.4 is 10.6 Å². The van der Waals surface area contributed by atoms with Gasteiger partial charge >= 0.3 is 0 Å². The van der Waals surface area contributed by atoms with Gasteiger partial charge in [0.15, 0.2) is 0 Å². The highest BCUT2D eigenvalue weighted by atomic mass is 32.2. The van der Waals surface area contributed by atoms with E-state index in [1.807, 2.05) is 18.2 Å². The molecule has 1 atom stereocenters. The van der Waals surface area contributed by atoms with Gasteiger partial charge in [0.2, 0.25) is 5.91 Å². The number of nitrogens with one attached hydrogen (secondary N) is 2. The number of hydrogen-bond acceptors (Lipinski definition) is 5. The molecule has 2 rings (SSSR count). The molecule has 0 radical (unpaired) electrons. The first-order valence-corrected chi connectivity index (χ1v) is 7.45. The van der Waals surface area contributed by atoms with Gasteiger partial charge in [0, 0.05) is 37.5 Å². The molecule has 0 aromatic carbocycles. The summed E-state index contributed by atoms with van der Waals surface area (Å²) in [6, 6.07) is 5.97. The molecular formula is C13H19N3O2S. The topological polar surface area (TPSA) is 63.2 Å². The largest absolute Gasteiger partial charge is 0.378 e. The minimum absolute atomic E-state index is 0.0737. The van der Waals surface area contributed by atoms with Gasteiger partial charge in [-0.05, 0) is 12.1 Å². The van der Waals surface area contributed by atoms with Crippen LogP contribution in [0.5, 0.6) is 0 Å². The second kappa shape index (κ2) is 8.14. The molecule has 1 amide bonds. The summed E-state index contributed by atoms with van der Waals surface area (Å²) >= 11 is 1.64. The van der Waals surface area contributed by atoms with E-state index in [2.05, 4.69) is 15.6 Å². The molecule has 1 aliphatic rings. The molecule has 1 aromatic heterocycles. The first-order valence-electron chi connectivity index (χ1n) is 6.46. The number of aromatic nitrogens is 1. The third kappa shape index (κ3) is 5.59. The summed E-state index contributed by atoms with van der Waals surface area (Å²) in [4.78, 5) is 15.9. The molecule has 19 heavy (non-hydrogen) atoms. The van der Waals surface area contributed by atoms with Crippen LogP contribution in [0.4, 0.5) is 0 Å². The van der Waals surface area contributed by atoms with Gasteiger partial charge in [0.05, 0.1) is 18.2 Å². The molecule has 1 aromatic rings. The van der Waals surface area contributed by atoms with Crippen molar-refractivity contribution < 1.29 is 9.53 Å². The highest BCUT2D eigenvalue weighted by Crippen LogP contribution is 2.12. The van der Waals surface area contributed by atoms with Crippen LogP contribution in [-0.2, 0) is 9.53 Å². The van der Waals surface area contributed by atoms with Crippen LogP contribution in [-0.4, -0.2) is 49.0 Å². The van der Waals surface area contributed by atoms with Gasteiger partial charge in [0.1, 0.15) is 0 Å². The second-order valence-electron chi connectivity index (χ2n) is 4.30. The third-order valence-electron chi connectivity index (χ3n) is 2.74. The summed E-state index contributed by atoms with van der Waals surface area (Å²) in [5.74, 6) is 0.904. The Balaban J connectivity index is 1.56. The number of carbonyl (C=O) groups excluding carboxylic acids is 1. The molecular weight excluding hydrogens is 262 g/mol. The Hall–Kier alpha value is -1.11.